The molecule has 178 valence electrons. The molecule has 0 bridgehead atoms. The summed E-state index contributed by atoms with van der Waals surface area (Å²) >= 11 is 12.0. The van der Waals surface area contributed by atoms with Crippen LogP contribution in [0.5, 0.6) is 11.5 Å². The quantitative estimate of drug-likeness (QED) is 0.326. The normalized spacial score (nSPS) is 11.6. The Balaban J connectivity index is 1.80. The number of hydrogen-bond acceptors (Lipinski definition) is 6. The molecule has 0 spiro atoms. The van der Waals surface area contributed by atoms with Gasteiger partial charge in [-0.15, -0.1) is 0 Å². The zero-order chi connectivity index (χ0) is 24.7. The van der Waals surface area contributed by atoms with Crippen LogP contribution in [-0.4, -0.2) is 43.6 Å². The number of ether oxygens (including phenoxy) is 1. The SMILES string of the molecule is COc1cccc(/C=N/NC(=O)CN(Cc2ccc(Cl)c(Cl)c2)S(=O)(=O)c2ccccc2)c1O. The van der Waals surface area contributed by atoms with Crippen molar-refractivity contribution in [3.8, 4) is 11.5 Å². The summed E-state index contributed by atoms with van der Waals surface area (Å²) in [7, 11) is -2.61. The Hall–Kier alpha value is -3.11. The summed E-state index contributed by atoms with van der Waals surface area (Å²) in [6.07, 6.45) is 1.23. The van der Waals surface area contributed by atoms with Gasteiger partial charge in [0.05, 0.1) is 34.8 Å². The van der Waals surface area contributed by atoms with E-state index in [1.54, 1.807) is 54.6 Å². The summed E-state index contributed by atoms with van der Waals surface area (Å²) in [4.78, 5) is 12.6. The molecule has 0 saturated carbocycles. The third-order valence-corrected chi connectivity index (χ3v) is 7.23. The summed E-state index contributed by atoms with van der Waals surface area (Å²) in [6, 6.07) is 17.3. The second kappa shape index (κ2) is 11.3. The predicted molar refractivity (Wildman–Crippen MR) is 131 cm³/mol. The molecule has 0 aromatic heterocycles. The topological polar surface area (TPSA) is 108 Å². The van der Waals surface area contributed by atoms with Crippen molar-refractivity contribution in [3.63, 3.8) is 0 Å². The Morgan fingerprint density at radius 1 is 1.09 bits per heavy atom. The number of phenolic OH excluding ortho intramolecular Hbond substituents is 1. The van der Waals surface area contributed by atoms with Crippen molar-refractivity contribution in [1.29, 1.82) is 0 Å². The summed E-state index contributed by atoms with van der Waals surface area (Å²) in [6.45, 7) is -0.638. The van der Waals surface area contributed by atoms with Gasteiger partial charge in [-0.2, -0.15) is 9.41 Å². The van der Waals surface area contributed by atoms with Crippen LogP contribution in [0, 0.1) is 0 Å². The number of nitrogens with one attached hydrogen (secondary N) is 1. The second-order valence-corrected chi connectivity index (χ2v) is 9.78. The smallest absolute Gasteiger partial charge is 0.255 e. The lowest BCUT2D eigenvalue weighted by Gasteiger charge is -2.21. The zero-order valence-corrected chi connectivity index (χ0v) is 20.3. The Bertz CT molecular complexity index is 1300. The first kappa shape index (κ1) is 25.5. The Kier molecular flexibility index (Phi) is 8.51. The molecule has 3 aromatic carbocycles. The zero-order valence-electron chi connectivity index (χ0n) is 18.0. The fourth-order valence-corrected chi connectivity index (χ4v) is 4.71. The fourth-order valence-electron chi connectivity index (χ4n) is 2.99. The molecule has 34 heavy (non-hydrogen) atoms. The van der Waals surface area contributed by atoms with E-state index in [0.29, 0.717) is 16.1 Å². The maximum Gasteiger partial charge on any atom is 0.255 e. The number of nitrogens with zero attached hydrogens (tertiary/aromatic N) is 2. The largest absolute Gasteiger partial charge is 0.504 e. The first-order valence-corrected chi connectivity index (χ1v) is 12.1. The van der Waals surface area contributed by atoms with Crippen LogP contribution in [0.1, 0.15) is 11.1 Å². The molecule has 3 rings (SSSR count). The minimum absolute atomic E-state index is 0.0349. The van der Waals surface area contributed by atoms with E-state index in [4.69, 9.17) is 27.9 Å². The van der Waals surface area contributed by atoms with E-state index in [-0.39, 0.29) is 28.0 Å². The minimum atomic E-state index is -4.02. The average Bonchev–Trinajstić information content (AvgIpc) is 2.82. The molecule has 1 amide bonds. The molecule has 8 nitrogen and oxygen atoms in total. The lowest BCUT2D eigenvalue weighted by atomic mass is 10.2. The highest BCUT2D eigenvalue weighted by Gasteiger charge is 2.27. The number of hydrogen-bond donors (Lipinski definition) is 2. The number of carbonyl (C=O) groups is 1. The third kappa shape index (κ3) is 6.27. The standard InChI is InChI=1S/C23H21Cl2N3O5S/c1-33-21-9-5-6-17(23(21)30)13-26-27-22(29)15-28(14-16-10-11-19(24)20(25)12-16)34(31,32)18-7-3-2-4-8-18/h2-13,30H,14-15H2,1H3,(H,27,29)/b26-13+. The summed E-state index contributed by atoms with van der Waals surface area (Å²) < 4.78 is 32.5. The monoisotopic (exact) mass is 521 g/mol. The molecule has 0 radical (unpaired) electrons. The minimum Gasteiger partial charge on any atom is -0.504 e. The molecule has 0 aliphatic rings. The molecule has 0 heterocycles. The van der Waals surface area contributed by atoms with Gasteiger partial charge in [0.1, 0.15) is 0 Å². The van der Waals surface area contributed by atoms with Gasteiger partial charge in [-0.25, -0.2) is 13.8 Å². The van der Waals surface area contributed by atoms with Crippen LogP contribution in [0.15, 0.2) is 76.7 Å². The van der Waals surface area contributed by atoms with Crippen LogP contribution >= 0.6 is 23.2 Å². The summed E-state index contributed by atoms with van der Waals surface area (Å²) in [5.41, 5.74) is 3.14. The molecule has 0 fully saturated rings. The van der Waals surface area contributed by atoms with Crippen molar-refractivity contribution < 1.29 is 23.1 Å². The van der Waals surface area contributed by atoms with Crippen molar-refractivity contribution >= 4 is 45.3 Å². The van der Waals surface area contributed by atoms with E-state index in [1.807, 2.05) is 0 Å². The highest BCUT2D eigenvalue weighted by molar-refractivity contribution is 7.89. The molecule has 0 atom stereocenters. The van der Waals surface area contributed by atoms with Gasteiger partial charge in [0.25, 0.3) is 5.91 Å². The lowest BCUT2D eigenvalue weighted by Crippen LogP contribution is -2.39. The first-order chi connectivity index (χ1) is 16.2. The van der Waals surface area contributed by atoms with Gasteiger partial charge in [0, 0.05) is 12.1 Å². The van der Waals surface area contributed by atoms with E-state index in [0.717, 1.165) is 4.31 Å². The molecular weight excluding hydrogens is 501 g/mol. The van der Waals surface area contributed by atoms with E-state index in [2.05, 4.69) is 10.5 Å². The number of benzene rings is 3. The van der Waals surface area contributed by atoms with Crippen LogP contribution in [0.4, 0.5) is 0 Å². The molecule has 0 aliphatic carbocycles. The summed E-state index contributed by atoms with van der Waals surface area (Å²) in [5, 5.41) is 14.5. The number of amides is 1. The maximum absolute atomic E-state index is 13.2. The van der Waals surface area contributed by atoms with Gasteiger partial charge in [-0.05, 0) is 42.0 Å². The van der Waals surface area contributed by atoms with Crippen LogP contribution in [-0.2, 0) is 21.4 Å². The summed E-state index contributed by atoms with van der Waals surface area (Å²) in [5.74, 6) is -0.578. The Morgan fingerprint density at radius 3 is 2.50 bits per heavy atom. The number of hydrazone groups is 1. The van der Waals surface area contributed by atoms with E-state index in [9.17, 15) is 18.3 Å². The number of aromatic hydroxyl groups is 1. The van der Waals surface area contributed by atoms with Gasteiger partial charge in [0.2, 0.25) is 10.0 Å². The van der Waals surface area contributed by atoms with E-state index < -0.39 is 22.5 Å². The van der Waals surface area contributed by atoms with Crippen LogP contribution in [0.2, 0.25) is 10.0 Å². The molecule has 3 aromatic rings. The molecule has 0 saturated heterocycles. The fraction of sp³-hybridized carbons (Fsp3) is 0.130. The van der Waals surface area contributed by atoms with Gasteiger partial charge < -0.3 is 9.84 Å². The van der Waals surface area contributed by atoms with Gasteiger partial charge in [0.15, 0.2) is 11.5 Å². The van der Waals surface area contributed by atoms with E-state index in [1.165, 1.54) is 25.5 Å². The van der Waals surface area contributed by atoms with Crippen LogP contribution in [0.3, 0.4) is 0 Å². The Morgan fingerprint density at radius 2 is 1.82 bits per heavy atom. The second-order valence-electron chi connectivity index (χ2n) is 7.03. The molecule has 0 aliphatic heterocycles. The number of para-hydroxylation sites is 1. The molecule has 0 unspecified atom stereocenters. The van der Waals surface area contributed by atoms with Crippen molar-refractivity contribution in [2.75, 3.05) is 13.7 Å². The lowest BCUT2D eigenvalue weighted by molar-refractivity contribution is -0.121. The maximum atomic E-state index is 13.2. The predicted octanol–water partition coefficient (Wildman–Crippen LogP) is 4.05. The first-order valence-electron chi connectivity index (χ1n) is 9.89. The molecule has 11 heteroatoms. The number of methoxy groups -OCH3 is 1. The Labute approximate surface area is 207 Å². The van der Waals surface area contributed by atoms with Crippen molar-refractivity contribution in [2.45, 2.75) is 11.4 Å². The van der Waals surface area contributed by atoms with Crippen molar-refractivity contribution in [2.24, 2.45) is 5.10 Å². The van der Waals surface area contributed by atoms with Crippen LogP contribution in [0.25, 0.3) is 0 Å². The number of phenols is 1. The number of rotatable bonds is 9. The number of sulfonamides is 1. The van der Waals surface area contributed by atoms with E-state index >= 15 is 0 Å². The third-order valence-electron chi connectivity index (χ3n) is 4.69. The highest BCUT2D eigenvalue weighted by atomic mass is 35.5. The molecular formula is C23H21Cl2N3O5S. The highest BCUT2D eigenvalue weighted by Crippen LogP contribution is 2.28. The van der Waals surface area contributed by atoms with Gasteiger partial charge in [-0.1, -0.05) is 53.5 Å². The average molecular weight is 522 g/mol. The number of halogens is 2. The van der Waals surface area contributed by atoms with Crippen LogP contribution < -0.4 is 10.2 Å². The van der Waals surface area contributed by atoms with Crippen molar-refractivity contribution in [3.05, 3.63) is 87.9 Å². The number of carbonyl (C=O) groups excluding carboxylic acids is 1. The van der Waals surface area contributed by atoms with Gasteiger partial charge >= 0.3 is 0 Å². The van der Waals surface area contributed by atoms with Crippen molar-refractivity contribution in [1.82, 2.24) is 9.73 Å². The molecule has 2 N–H and O–H groups in total. The van der Waals surface area contributed by atoms with Gasteiger partial charge in [-0.3, -0.25) is 4.79 Å².